The summed E-state index contributed by atoms with van der Waals surface area (Å²) >= 11 is 5.76. The van der Waals surface area contributed by atoms with Crippen LogP contribution in [0, 0.1) is 0 Å². The van der Waals surface area contributed by atoms with Gasteiger partial charge in [-0.3, -0.25) is 14.5 Å². The topological polar surface area (TPSA) is 69.6 Å². The molecule has 0 radical (unpaired) electrons. The van der Waals surface area contributed by atoms with Gasteiger partial charge < -0.3 is 10.4 Å². The van der Waals surface area contributed by atoms with Crippen molar-refractivity contribution in [1.29, 1.82) is 0 Å². The first-order chi connectivity index (χ1) is 8.97. The second-order valence-corrected chi connectivity index (χ2v) is 4.72. The number of carboxylic acid groups (broad SMARTS) is 1. The van der Waals surface area contributed by atoms with Crippen LogP contribution in [0.5, 0.6) is 0 Å². The smallest absolute Gasteiger partial charge is 0.304 e. The highest BCUT2D eigenvalue weighted by Crippen LogP contribution is 2.08. The molecule has 0 saturated heterocycles. The molecule has 0 spiro atoms. The van der Waals surface area contributed by atoms with Crippen LogP contribution in [0.4, 0.5) is 0 Å². The maximum Gasteiger partial charge on any atom is 0.304 e. The molecule has 1 aromatic rings. The number of carbonyl (C=O) groups is 2. The lowest BCUT2D eigenvalue weighted by Crippen LogP contribution is -2.35. The predicted octanol–water partition coefficient (Wildman–Crippen LogP) is 1.36. The van der Waals surface area contributed by atoms with Gasteiger partial charge >= 0.3 is 5.97 Å². The third kappa shape index (κ3) is 6.79. The van der Waals surface area contributed by atoms with Crippen molar-refractivity contribution in [3.8, 4) is 0 Å². The van der Waals surface area contributed by atoms with Gasteiger partial charge in [0.1, 0.15) is 0 Å². The summed E-state index contributed by atoms with van der Waals surface area (Å²) in [5.74, 6) is -1.00. The van der Waals surface area contributed by atoms with Crippen molar-refractivity contribution in [3.63, 3.8) is 0 Å². The zero-order valence-electron chi connectivity index (χ0n) is 10.7. The number of aliphatic carboxylic acids is 1. The second kappa shape index (κ2) is 7.76. The number of benzene rings is 1. The lowest BCUT2D eigenvalue weighted by Gasteiger charge is -2.15. The largest absolute Gasteiger partial charge is 0.481 e. The molecule has 2 N–H and O–H groups in total. The Morgan fingerprint density at radius 2 is 1.95 bits per heavy atom. The van der Waals surface area contributed by atoms with Gasteiger partial charge in [-0.15, -0.1) is 0 Å². The minimum atomic E-state index is -0.867. The molecule has 5 nitrogen and oxygen atoms in total. The predicted molar refractivity (Wildman–Crippen MR) is 73.0 cm³/mol. The molecule has 0 bridgehead atoms. The molecule has 1 aromatic carbocycles. The Balaban J connectivity index is 2.27. The van der Waals surface area contributed by atoms with Crippen molar-refractivity contribution in [2.75, 3.05) is 20.1 Å². The summed E-state index contributed by atoms with van der Waals surface area (Å²) in [6.07, 6.45) is 0.0287. The Labute approximate surface area is 117 Å². The molecule has 0 aliphatic carbocycles. The fourth-order valence-corrected chi connectivity index (χ4v) is 1.60. The van der Waals surface area contributed by atoms with Crippen LogP contribution in [0.2, 0.25) is 5.02 Å². The number of amides is 1. The van der Waals surface area contributed by atoms with E-state index in [-0.39, 0.29) is 18.9 Å². The van der Waals surface area contributed by atoms with E-state index < -0.39 is 5.97 Å². The van der Waals surface area contributed by atoms with Crippen molar-refractivity contribution >= 4 is 23.5 Å². The van der Waals surface area contributed by atoms with Crippen molar-refractivity contribution in [1.82, 2.24) is 10.2 Å². The number of likely N-dealkylation sites (N-methyl/N-ethyl adjacent to an activating group) is 1. The number of halogens is 1. The molecular weight excluding hydrogens is 268 g/mol. The summed E-state index contributed by atoms with van der Waals surface area (Å²) in [5.41, 5.74) is 0.964. The SMILES string of the molecule is CN(CCC(=O)O)CC(=O)NCc1ccc(Cl)cc1. The van der Waals surface area contributed by atoms with Crippen LogP contribution in [-0.2, 0) is 16.1 Å². The molecule has 0 heterocycles. The summed E-state index contributed by atoms with van der Waals surface area (Å²) in [6.45, 7) is 0.966. The first-order valence-electron chi connectivity index (χ1n) is 5.89. The van der Waals surface area contributed by atoms with Gasteiger partial charge in [-0.05, 0) is 24.7 Å². The van der Waals surface area contributed by atoms with E-state index in [2.05, 4.69) is 5.32 Å². The zero-order chi connectivity index (χ0) is 14.3. The molecule has 0 unspecified atom stereocenters. The Bertz CT molecular complexity index is 434. The van der Waals surface area contributed by atoms with Gasteiger partial charge in [-0.25, -0.2) is 0 Å². The summed E-state index contributed by atoms with van der Waals surface area (Å²) in [6, 6.07) is 7.22. The van der Waals surface area contributed by atoms with Crippen LogP contribution < -0.4 is 5.32 Å². The summed E-state index contributed by atoms with van der Waals surface area (Å²) < 4.78 is 0. The molecule has 104 valence electrons. The van der Waals surface area contributed by atoms with E-state index in [1.165, 1.54) is 0 Å². The van der Waals surface area contributed by atoms with Crippen LogP contribution in [0.25, 0.3) is 0 Å². The zero-order valence-corrected chi connectivity index (χ0v) is 11.5. The third-order valence-electron chi connectivity index (χ3n) is 2.52. The number of hydrogen-bond acceptors (Lipinski definition) is 3. The van der Waals surface area contributed by atoms with Crippen LogP contribution in [0.3, 0.4) is 0 Å². The Hall–Kier alpha value is -1.59. The highest BCUT2D eigenvalue weighted by atomic mass is 35.5. The van der Waals surface area contributed by atoms with Crippen LogP contribution in [-0.4, -0.2) is 42.0 Å². The van der Waals surface area contributed by atoms with Crippen molar-refractivity contribution in [3.05, 3.63) is 34.9 Å². The molecular formula is C13H17ClN2O3. The van der Waals surface area contributed by atoms with Gasteiger partial charge in [0.25, 0.3) is 0 Å². The van der Waals surface area contributed by atoms with Crippen molar-refractivity contribution in [2.45, 2.75) is 13.0 Å². The molecule has 0 aliphatic rings. The molecule has 0 atom stereocenters. The highest BCUT2D eigenvalue weighted by Gasteiger charge is 2.07. The van der Waals surface area contributed by atoms with E-state index in [1.54, 1.807) is 24.1 Å². The summed E-state index contributed by atoms with van der Waals surface area (Å²) in [5, 5.41) is 12.0. The minimum Gasteiger partial charge on any atom is -0.481 e. The van der Waals surface area contributed by atoms with Crippen molar-refractivity contribution in [2.24, 2.45) is 0 Å². The van der Waals surface area contributed by atoms with Gasteiger partial charge in [0.2, 0.25) is 5.91 Å². The Kier molecular flexibility index (Phi) is 6.32. The van der Waals surface area contributed by atoms with Crippen LogP contribution >= 0.6 is 11.6 Å². The molecule has 6 heteroatoms. The molecule has 0 fully saturated rings. The van der Waals surface area contributed by atoms with E-state index in [1.807, 2.05) is 12.1 Å². The van der Waals surface area contributed by atoms with Crippen LogP contribution in [0.1, 0.15) is 12.0 Å². The Morgan fingerprint density at radius 3 is 2.53 bits per heavy atom. The summed E-state index contributed by atoms with van der Waals surface area (Å²) in [4.78, 5) is 23.7. The third-order valence-corrected chi connectivity index (χ3v) is 2.78. The number of carbonyl (C=O) groups excluding carboxylic acids is 1. The molecule has 0 saturated carbocycles. The van der Waals surface area contributed by atoms with Gasteiger partial charge in [0.15, 0.2) is 0 Å². The van der Waals surface area contributed by atoms with Gasteiger partial charge in [-0.2, -0.15) is 0 Å². The minimum absolute atomic E-state index is 0.0287. The maximum atomic E-state index is 11.6. The fraction of sp³-hybridized carbons (Fsp3) is 0.385. The van der Waals surface area contributed by atoms with Crippen molar-refractivity contribution < 1.29 is 14.7 Å². The average molecular weight is 285 g/mol. The molecule has 0 aliphatic heterocycles. The molecule has 1 rings (SSSR count). The quantitative estimate of drug-likeness (QED) is 0.793. The van der Waals surface area contributed by atoms with E-state index in [4.69, 9.17) is 16.7 Å². The molecule has 0 aromatic heterocycles. The lowest BCUT2D eigenvalue weighted by atomic mass is 10.2. The van der Waals surface area contributed by atoms with E-state index in [0.717, 1.165) is 5.56 Å². The van der Waals surface area contributed by atoms with Gasteiger partial charge in [-0.1, -0.05) is 23.7 Å². The van der Waals surface area contributed by atoms with E-state index >= 15 is 0 Å². The lowest BCUT2D eigenvalue weighted by molar-refractivity contribution is -0.137. The number of hydrogen-bond donors (Lipinski definition) is 2. The first-order valence-corrected chi connectivity index (χ1v) is 6.26. The van der Waals surface area contributed by atoms with Gasteiger partial charge in [0, 0.05) is 18.1 Å². The number of nitrogens with one attached hydrogen (secondary N) is 1. The van der Waals surface area contributed by atoms with E-state index in [9.17, 15) is 9.59 Å². The Morgan fingerprint density at radius 1 is 1.32 bits per heavy atom. The highest BCUT2D eigenvalue weighted by molar-refractivity contribution is 6.30. The summed E-state index contributed by atoms with van der Waals surface area (Å²) in [7, 11) is 1.71. The number of carboxylic acids is 1. The number of rotatable bonds is 7. The van der Waals surface area contributed by atoms with Gasteiger partial charge in [0.05, 0.1) is 13.0 Å². The normalized spacial score (nSPS) is 10.5. The van der Waals surface area contributed by atoms with E-state index in [0.29, 0.717) is 18.1 Å². The maximum absolute atomic E-state index is 11.6. The first kappa shape index (κ1) is 15.5. The van der Waals surface area contributed by atoms with Crippen LogP contribution in [0.15, 0.2) is 24.3 Å². The molecule has 1 amide bonds. The fourth-order valence-electron chi connectivity index (χ4n) is 1.47. The average Bonchev–Trinajstić information content (AvgIpc) is 2.36. The number of nitrogens with zero attached hydrogens (tertiary/aromatic N) is 1. The monoisotopic (exact) mass is 284 g/mol. The second-order valence-electron chi connectivity index (χ2n) is 4.28. The molecule has 19 heavy (non-hydrogen) atoms. The standard InChI is InChI=1S/C13H17ClN2O3/c1-16(7-6-13(18)19)9-12(17)15-8-10-2-4-11(14)5-3-10/h2-5H,6-9H2,1H3,(H,15,17)(H,18,19).